The Kier molecular flexibility index (Phi) is 2.91. The van der Waals surface area contributed by atoms with E-state index >= 15 is 0 Å². The highest BCUT2D eigenvalue weighted by molar-refractivity contribution is 4.38. The third-order valence-corrected chi connectivity index (χ3v) is 2.23. The molecule has 1 fully saturated rings. The van der Waals surface area contributed by atoms with Gasteiger partial charge in [-0.05, 0) is 16.8 Å². The first kappa shape index (κ1) is 10.8. The lowest BCUT2D eigenvalue weighted by molar-refractivity contribution is -1.49. The second-order valence-electron chi connectivity index (χ2n) is 3.77. The van der Waals surface area contributed by atoms with Gasteiger partial charge in [0.1, 0.15) is 21.1 Å². The van der Waals surface area contributed by atoms with Gasteiger partial charge in [0.15, 0.2) is 6.04 Å². The molecule has 1 aliphatic heterocycles. The fraction of sp³-hybridized carbons (Fsp3) is 1.00. The van der Waals surface area contributed by atoms with Crippen LogP contribution in [0, 0.1) is 0 Å². The highest BCUT2D eigenvalue weighted by Crippen LogP contribution is 2.21. The lowest BCUT2D eigenvalue weighted by Crippen LogP contribution is -2.66. The molecule has 6 heteroatoms. The molecule has 1 rings (SSSR count). The molecule has 0 aromatic heterocycles. The van der Waals surface area contributed by atoms with E-state index in [9.17, 15) is 0 Å². The minimum atomic E-state index is -0.0408. The van der Waals surface area contributed by atoms with Crippen molar-refractivity contribution in [1.82, 2.24) is 5.64 Å². The number of hydrogen-bond donors (Lipinski definition) is 1. The Morgan fingerprint density at radius 1 is 1.23 bits per heavy atom. The topological polar surface area (TPSA) is 39.7 Å². The molecule has 0 aliphatic carbocycles. The molecule has 1 heterocycles. The van der Waals surface area contributed by atoms with E-state index in [2.05, 4.69) is 12.6 Å². The van der Waals surface area contributed by atoms with Crippen LogP contribution in [0.3, 0.4) is 0 Å². The van der Waals surface area contributed by atoms with Crippen molar-refractivity contribution in [2.75, 3.05) is 21.1 Å². The van der Waals surface area contributed by atoms with E-state index in [-0.39, 0.29) is 15.7 Å². The fourth-order valence-corrected chi connectivity index (χ4v) is 1.11. The molecule has 2 atom stereocenters. The molecule has 6 nitrogen and oxygen atoms in total. The predicted octanol–water partition coefficient (Wildman–Crippen LogP) is 0.451. The van der Waals surface area contributed by atoms with Crippen molar-refractivity contribution < 1.29 is 24.4 Å². The predicted molar refractivity (Wildman–Crippen MR) is 44.4 cm³/mol. The Labute approximate surface area is 78.5 Å². The Hall–Kier alpha value is -0.240. The number of hydroxylamine groups is 8. The lowest BCUT2D eigenvalue weighted by atomic mass is 10.3. The molecule has 0 bridgehead atoms. The van der Waals surface area contributed by atoms with Crippen molar-refractivity contribution in [1.29, 1.82) is 0 Å². The quantitative estimate of drug-likeness (QED) is 0.646. The minimum absolute atomic E-state index is 0.0312. The van der Waals surface area contributed by atoms with E-state index in [4.69, 9.17) is 14.8 Å². The Balaban J connectivity index is 2.68. The van der Waals surface area contributed by atoms with Crippen molar-refractivity contribution in [3.05, 3.63) is 0 Å². The van der Waals surface area contributed by atoms with Crippen molar-refractivity contribution in [3.8, 4) is 0 Å². The van der Waals surface area contributed by atoms with Crippen LogP contribution in [0.5, 0.6) is 0 Å². The summed E-state index contributed by atoms with van der Waals surface area (Å²) in [5.74, 6) is 0. The molecule has 1 saturated heterocycles. The number of hydrogen-bond acceptors (Lipinski definition) is 4. The highest BCUT2D eigenvalue weighted by atomic mass is 17.3. The zero-order valence-corrected chi connectivity index (χ0v) is 8.90. The van der Waals surface area contributed by atoms with E-state index in [0.717, 1.165) is 6.42 Å². The summed E-state index contributed by atoms with van der Waals surface area (Å²) in [5.41, 5.74) is 2.40. The highest BCUT2D eigenvalue weighted by Gasteiger charge is 2.48. The number of nitrogens with zero attached hydrogens (tertiary/aromatic N) is 2. The van der Waals surface area contributed by atoms with Gasteiger partial charge in [-0.25, -0.2) is 0 Å². The van der Waals surface area contributed by atoms with Gasteiger partial charge in [-0.3, -0.25) is 0 Å². The Morgan fingerprint density at radius 2 is 1.85 bits per heavy atom. The van der Waals surface area contributed by atoms with E-state index in [1.807, 2.05) is 14.0 Å². The van der Waals surface area contributed by atoms with E-state index in [1.54, 1.807) is 14.1 Å². The summed E-state index contributed by atoms with van der Waals surface area (Å²) in [6.45, 7) is 4.13. The minimum Gasteiger partial charge on any atom is -0.0595 e. The van der Waals surface area contributed by atoms with E-state index in [1.165, 1.54) is 0 Å². The van der Waals surface area contributed by atoms with Gasteiger partial charge in [-0.15, -0.1) is 0 Å². The van der Waals surface area contributed by atoms with Crippen LogP contribution in [0.1, 0.15) is 20.3 Å². The molecular weight excluding hydrogens is 174 g/mol. The summed E-state index contributed by atoms with van der Waals surface area (Å²) in [6, 6.07) is 0.230. The molecular formula is C7H19N3O3+2. The molecule has 0 spiro atoms. The first-order valence-electron chi connectivity index (χ1n) is 4.43. The third kappa shape index (κ3) is 2.37. The van der Waals surface area contributed by atoms with Crippen LogP contribution >= 0.6 is 0 Å². The Bertz CT molecular complexity index is 188. The summed E-state index contributed by atoms with van der Waals surface area (Å²) in [7, 11) is 5.38. The Morgan fingerprint density at radius 3 is 2.31 bits per heavy atom. The fourth-order valence-electron chi connectivity index (χ4n) is 1.11. The van der Waals surface area contributed by atoms with Gasteiger partial charge < -0.3 is 0 Å². The molecule has 78 valence electrons. The second-order valence-corrected chi connectivity index (χ2v) is 3.77. The molecule has 0 amide bonds. The molecule has 0 aromatic rings. The number of nitrogens with one attached hydrogen (secondary N) is 1. The van der Waals surface area contributed by atoms with Gasteiger partial charge in [0.05, 0.1) is 4.94 Å². The van der Waals surface area contributed by atoms with Gasteiger partial charge in [0.25, 0.3) is 0 Å². The van der Waals surface area contributed by atoms with Crippen LogP contribution in [0.25, 0.3) is 0 Å². The number of quaternary nitrogens is 2. The summed E-state index contributed by atoms with van der Waals surface area (Å²) < 4.78 is 0. The summed E-state index contributed by atoms with van der Waals surface area (Å²) in [4.78, 5) is 15.7. The monoisotopic (exact) mass is 193 g/mol. The first-order valence-corrected chi connectivity index (χ1v) is 4.43. The van der Waals surface area contributed by atoms with Crippen molar-refractivity contribution >= 4 is 0 Å². The third-order valence-electron chi connectivity index (χ3n) is 2.23. The molecule has 0 radical (unpaired) electrons. The SMILES string of the molecule is CCC(C)[N+]1(C)ONO[N+](C)(C)O1. The van der Waals surface area contributed by atoms with Crippen molar-refractivity contribution in [2.24, 2.45) is 0 Å². The average Bonchev–Trinajstić information content (AvgIpc) is 2.00. The van der Waals surface area contributed by atoms with Crippen molar-refractivity contribution in [3.63, 3.8) is 0 Å². The molecule has 1 aliphatic rings. The first-order chi connectivity index (χ1) is 5.90. The van der Waals surface area contributed by atoms with Crippen molar-refractivity contribution in [2.45, 2.75) is 26.3 Å². The van der Waals surface area contributed by atoms with E-state index < -0.39 is 0 Å². The van der Waals surface area contributed by atoms with E-state index in [0.29, 0.717) is 0 Å². The van der Waals surface area contributed by atoms with Gasteiger partial charge in [-0.1, -0.05) is 6.92 Å². The zero-order valence-electron chi connectivity index (χ0n) is 8.90. The number of rotatable bonds is 2. The zero-order chi connectivity index (χ0) is 10.1. The van der Waals surface area contributed by atoms with Crippen LogP contribution in [0.15, 0.2) is 0 Å². The molecule has 0 saturated carbocycles. The van der Waals surface area contributed by atoms with Crippen LogP contribution in [-0.4, -0.2) is 36.8 Å². The molecule has 2 unspecified atom stereocenters. The smallest absolute Gasteiger partial charge is 0.0595 e. The maximum absolute atomic E-state index is 5.58. The second kappa shape index (κ2) is 3.49. The normalized spacial score (nSPS) is 35.8. The van der Waals surface area contributed by atoms with Gasteiger partial charge in [0, 0.05) is 21.7 Å². The van der Waals surface area contributed by atoms with Gasteiger partial charge >= 0.3 is 0 Å². The average molecular weight is 193 g/mol. The maximum Gasteiger partial charge on any atom is 0.157 e. The van der Waals surface area contributed by atoms with Crippen LogP contribution in [0.2, 0.25) is 0 Å². The van der Waals surface area contributed by atoms with Crippen LogP contribution in [-0.2, 0) is 14.8 Å². The maximum atomic E-state index is 5.58. The summed E-state index contributed by atoms with van der Waals surface area (Å²) >= 11 is 0. The molecule has 1 N–H and O–H groups in total. The van der Waals surface area contributed by atoms with Gasteiger partial charge in [-0.2, -0.15) is 0 Å². The van der Waals surface area contributed by atoms with Crippen LogP contribution in [0.4, 0.5) is 0 Å². The van der Waals surface area contributed by atoms with Gasteiger partial charge in [0.2, 0.25) is 0 Å². The largest absolute Gasteiger partial charge is 0.157 e. The summed E-state index contributed by atoms with van der Waals surface area (Å²) in [5, 5.41) is 0. The lowest BCUT2D eigenvalue weighted by Gasteiger charge is -2.37. The van der Waals surface area contributed by atoms with Crippen LogP contribution < -0.4 is 5.64 Å². The molecule has 13 heavy (non-hydrogen) atoms. The standard InChI is InChI=1S/C7H19N3O3/c1-6-7(2)10(5)12-8-11-9(3,4)13-10/h7-8H,6H2,1-5H3/q+2. The molecule has 0 aromatic carbocycles. The summed E-state index contributed by atoms with van der Waals surface area (Å²) in [6.07, 6.45) is 0.957.